The van der Waals surface area contributed by atoms with Gasteiger partial charge in [-0.1, -0.05) is 12.8 Å². The number of hydrogen-bond donors (Lipinski definition) is 1. The van der Waals surface area contributed by atoms with Gasteiger partial charge in [0.15, 0.2) is 15.7 Å². The van der Waals surface area contributed by atoms with Crippen LogP contribution in [0.5, 0.6) is 0 Å². The van der Waals surface area contributed by atoms with Crippen molar-refractivity contribution in [2.75, 3.05) is 5.75 Å². The molecule has 0 spiro atoms. The lowest BCUT2D eigenvalue weighted by Crippen LogP contribution is -2.14. The average Bonchev–Trinajstić information content (AvgIpc) is 3.09. The van der Waals surface area contributed by atoms with E-state index in [1.54, 1.807) is 0 Å². The summed E-state index contributed by atoms with van der Waals surface area (Å²) in [4.78, 5) is 9.98. The summed E-state index contributed by atoms with van der Waals surface area (Å²) in [5, 5.41) is 8.69. The third-order valence-corrected chi connectivity index (χ3v) is 4.85. The molecule has 0 saturated heterocycles. The normalized spacial score (nSPS) is 15.5. The van der Waals surface area contributed by atoms with Crippen molar-refractivity contribution in [3.05, 3.63) is 29.3 Å². The molecular formula is C12H12F2O4S. The number of aromatic carboxylic acids is 1. The molecule has 2 rings (SSSR count). The number of benzene rings is 1. The molecule has 0 aliphatic heterocycles. The van der Waals surface area contributed by atoms with Gasteiger partial charge in [-0.2, -0.15) is 0 Å². The molecule has 1 N–H and O–H groups in total. The molecule has 1 aliphatic carbocycles. The number of halogens is 2. The van der Waals surface area contributed by atoms with Gasteiger partial charge in [0.05, 0.1) is 5.75 Å². The maximum atomic E-state index is 13.8. The molecule has 1 fully saturated rings. The van der Waals surface area contributed by atoms with Crippen LogP contribution in [0.1, 0.15) is 29.6 Å². The summed E-state index contributed by atoms with van der Waals surface area (Å²) in [5.41, 5.74) is -1.23. The van der Waals surface area contributed by atoms with E-state index in [4.69, 9.17) is 5.11 Å². The summed E-state index contributed by atoms with van der Waals surface area (Å²) in [6.07, 6.45) is 2.34. The van der Waals surface area contributed by atoms with Crippen LogP contribution in [0.25, 0.3) is 0 Å². The van der Waals surface area contributed by atoms with Crippen LogP contribution in [0.3, 0.4) is 0 Å². The van der Waals surface area contributed by atoms with Gasteiger partial charge in [-0.15, -0.1) is 0 Å². The van der Waals surface area contributed by atoms with Gasteiger partial charge in [0.25, 0.3) is 0 Å². The standard InChI is InChI=1S/C12H12F2O4S/c13-8-3-4-9(11(14)10(8)12(15)16)19(17,18)6-5-7-1-2-7/h3-4,7H,1-2,5-6H2,(H,15,16). The van der Waals surface area contributed by atoms with Crippen molar-refractivity contribution in [1.29, 1.82) is 0 Å². The Bertz CT molecular complexity index is 621. The molecule has 1 aromatic carbocycles. The Labute approximate surface area is 109 Å². The van der Waals surface area contributed by atoms with Crippen LogP contribution in [0.4, 0.5) is 8.78 Å². The zero-order chi connectivity index (χ0) is 14.2. The Morgan fingerprint density at radius 1 is 1.32 bits per heavy atom. The van der Waals surface area contributed by atoms with Crippen LogP contribution in [0, 0.1) is 17.6 Å². The van der Waals surface area contributed by atoms with Crippen molar-refractivity contribution in [3.8, 4) is 0 Å². The fourth-order valence-electron chi connectivity index (χ4n) is 1.81. The fourth-order valence-corrected chi connectivity index (χ4v) is 3.32. The molecule has 104 valence electrons. The van der Waals surface area contributed by atoms with E-state index in [0.29, 0.717) is 18.4 Å². The van der Waals surface area contributed by atoms with Gasteiger partial charge >= 0.3 is 5.97 Å². The van der Waals surface area contributed by atoms with Crippen LogP contribution >= 0.6 is 0 Å². The Kier molecular flexibility index (Phi) is 3.58. The highest BCUT2D eigenvalue weighted by Gasteiger charge is 2.29. The lowest BCUT2D eigenvalue weighted by molar-refractivity contribution is 0.0685. The Hall–Kier alpha value is -1.50. The minimum atomic E-state index is -3.92. The van der Waals surface area contributed by atoms with E-state index in [2.05, 4.69) is 0 Å². The van der Waals surface area contributed by atoms with Gasteiger partial charge in [-0.05, 0) is 24.5 Å². The van der Waals surface area contributed by atoms with E-state index >= 15 is 0 Å². The van der Waals surface area contributed by atoms with Gasteiger partial charge in [0, 0.05) is 0 Å². The summed E-state index contributed by atoms with van der Waals surface area (Å²) < 4.78 is 50.8. The second-order valence-corrected chi connectivity index (χ2v) is 6.67. The zero-order valence-corrected chi connectivity index (χ0v) is 10.7. The summed E-state index contributed by atoms with van der Waals surface area (Å²) in [6, 6.07) is 1.44. The summed E-state index contributed by atoms with van der Waals surface area (Å²) in [6.45, 7) is 0. The van der Waals surface area contributed by atoms with E-state index in [-0.39, 0.29) is 5.75 Å². The van der Waals surface area contributed by atoms with Crippen molar-refractivity contribution < 1.29 is 27.1 Å². The van der Waals surface area contributed by atoms with Crippen molar-refractivity contribution in [1.82, 2.24) is 0 Å². The van der Waals surface area contributed by atoms with E-state index in [1.165, 1.54) is 0 Å². The van der Waals surface area contributed by atoms with Crippen LogP contribution in [0.2, 0.25) is 0 Å². The zero-order valence-electron chi connectivity index (χ0n) is 9.90. The van der Waals surface area contributed by atoms with Gasteiger partial charge in [0.2, 0.25) is 0 Å². The molecule has 19 heavy (non-hydrogen) atoms. The minimum Gasteiger partial charge on any atom is -0.477 e. The maximum absolute atomic E-state index is 13.8. The first kappa shape index (κ1) is 13.9. The number of carboxylic acids is 1. The molecule has 0 unspecified atom stereocenters. The Balaban J connectivity index is 2.38. The second kappa shape index (κ2) is 4.88. The summed E-state index contributed by atoms with van der Waals surface area (Å²) in [5.74, 6) is -4.54. The first-order chi connectivity index (χ1) is 8.83. The number of rotatable bonds is 5. The molecule has 1 aliphatic rings. The van der Waals surface area contributed by atoms with Gasteiger partial charge in [-0.3, -0.25) is 0 Å². The third kappa shape index (κ3) is 2.91. The number of sulfone groups is 1. The highest BCUT2D eigenvalue weighted by Crippen LogP contribution is 2.33. The topological polar surface area (TPSA) is 71.4 Å². The molecule has 1 saturated carbocycles. The quantitative estimate of drug-likeness (QED) is 0.844. The molecule has 0 bridgehead atoms. The van der Waals surface area contributed by atoms with Crippen molar-refractivity contribution in [3.63, 3.8) is 0 Å². The number of hydrogen-bond acceptors (Lipinski definition) is 3. The van der Waals surface area contributed by atoms with Crippen molar-refractivity contribution in [2.45, 2.75) is 24.2 Å². The smallest absolute Gasteiger partial charge is 0.341 e. The fraction of sp³-hybridized carbons (Fsp3) is 0.417. The van der Waals surface area contributed by atoms with Crippen LogP contribution in [-0.4, -0.2) is 25.2 Å². The first-order valence-corrected chi connectivity index (χ1v) is 7.42. The first-order valence-electron chi connectivity index (χ1n) is 5.77. The van der Waals surface area contributed by atoms with Gasteiger partial charge in [-0.25, -0.2) is 22.0 Å². The maximum Gasteiger partial charge on any atom is 0.341 e. The van der Waals surface area contributed by atoms with E-state index in [0.717, 1.165) is 18.9 Å². The molecule has 0 radical (unpaired) electrons. The second-order valence-electron chi connectivity index (χ2n) is 4.59. The molecule has 7 heteroatoms. The molecule has 4 nitrogen and oxygen atoms in total. The minimum absolute atomic E-state index is 0.251. The highest BCUT2D eigenvalue weighted by atomic mass is 32.2. The van der Waals surface area contributed by atoms with Crippen LogP contribution < -0.4 is 0 Å². The molecule has 0 heterocycles. The molecule has 0 amide bonds. The predicted octanol–water partition coefficient (Wildman–Crippen LogP) is 2.24. The van der Waals surface area contributed by atoms with Crippen LogP contribution in [-0.2, 0) is 9.84 Å². The Morgan fingerprint density at radius 2 is 1.95 bits per heavy atom. The molecule has 1 aromatic rings. The van der Waals surface area contributed by atoms with E-state index < -0.39 is 37.9 Å². The largest absolute Gasteiger partial charge is 0.477 e. The average molecular weight is 290 g/mol. The lowest BCUT2D eigenvalue weighted by Gasteiger charge is -2.08. The van der Waals surface area contributed by atoms with E-state index in [9.17, 15) is 22.0 Å². The number of carboxylic acid groups (broad SMARTS) is 1. The van der Waals surface area contributed by atoms with Crippen LogP contribution in [0.15, 0.2) is 17.0 Å². The molecule has 0 aromatic heterocycles. The molecule has 0 atom stereocenters. The lowest BCUT2D eigenvalue weighted by atomic mass is 10.2. The SMILES string of the molecule is O=C(O)c1c(F)ccc(S(=O)(=O)CCC2CC2)c1F. The van der Waals surface area contributed by atoms with Crippen molar-refractivity contribution >= 4 is 15.8 Å². The van der Waals surface area contributed by atoms with E-state index in [1.807, 2.05) is 0 Å². The predicted molar refractivity (Wildman–Crippen MR) is 62.7 cm³/mol. The van der Waals surface area contributed by atoms with Gasteiger partial charge < -0.3 is 5.11 Å². The Morgan fingerprint density at radius 3 is 2.47 bits per heavy atom. The van der Waals surface area contributed by atoms with Gasteiger partial charge in [0.1, 0.15) is 16.3 Å². The monoisotopic (exact) mass is 290 g/mol. The highest BCUT2D eigenvalue weighted by molar-refractivity contribution is 7.91. The third-order valence-electron chi connectivity index (χ3n) is 3.10. The summed E-state index contributed by atoms with van der Waals surface area (Å²) in [7, 11) is -3.92. The summed E-state index contributed by atoms with van der Waals surface area (Å²) >= 11 is 0. The number of carbonyl (C=O) groups is 1. The van der Waals surface area contributed by atoms with Crippen molar-refractivity contribution in [2.24, 2.45) is 5.92 Å². The molecular weight excluding hydrogens is 278 g/mol.